The Kier molecular flexibility index (Phi) is 3.82. The molecule has 0 radical (unpaired) electrons. The summed E-state index contributed by atoms with van der Waals surface area (Å²) in [7, 11) is 0. The van der Waals surface area contributed by atoms with Crippen molar-refractivity contribution in [3.8, 4) is 0 Å². The number of hydrogen-bond acceptors (Lipinski definition) is 1. The fourth-order valence-corrected chi connectivity index (χ4v) is 2.82. The third-order valence-corrected chi connectivity index (χ3v) is 3.85. The maximum Gasteiger partial charge on any atom is 0.126 e. The maximum atomic E-state index is 13.6. The standard InChI is InChI=1S/C15H21FO/c1-2-3-4-5-10-15(17)11-9-12-13(15)7-6-8-14(12)16/h6-8,17H,2-5,9-11H2,1H3. The second-order valence-electron chi connectivity index (χ2n) is 5.11. The highest BCUT2D eigenvalue weighted by Crippen LogP contribution is 2.41. The number of unbranched alkanes of at least 4 members (excludes halogenated alkanes) is 3. The van der Waals surface area contributed by atoms with Crippen LogP contribution in [0.15, 0.2) is 18.2 Å². The smallest absolute Gasteiger partial charge is 0.126 e. The van der Waals surface area contributed by atoms with E-state index in [9.17, 15) is 9.50 Å². The molecule has 0 saturated heterocycles. The lowest BCUT2D eigenvalue weighted by molar-refractivity contribution is 0.0267. The molecule has 1 nitrogen and oxygen atoms in total. The predicted molar refractivity (Wildman–Crippen MR) is 67.4 cm³/mol. The van der Waals surface area contributed by atoms with E-state index in [1.165, 1.54) is 18.9 Å². The van der Waals surface area contributed by atoms with E-state index >= 15 is 0 Å². The summed E-state index contributed by atoms with van der Waals surface area (Å²) in [6, 6.07) is 5.07. The summed E-state index contributed by atoms with van der Waals surface area (Å²) in [6.45, 7) is 2.18. The average Bonchev–Trinajstić information content (AvgIpc) is 2.65. The number of rotatable bonds is 5. The molecule has 2 rings (SSSR count). The molecule has 1 aliphatic rings. The van der Waals surface area contributed by atoms with E-state index in [4.69, 9.17) is 0 Å². The molecule has 1 aromatic carbocycles. The maximum absolute atomic E-state index is 13.6. The van der Waals surface area contributed by atoms with Crippen LogP contribution in [0.2, 0.25) is 0 Å². The molecular weight excluding hydrogens is 215 g/mol. The van der Waals surface area contributed by atoms with Crippen LogP contribution in [-0.2, 0) is 12.0 Å². The fourth-order valence-electron chi connectivity index (χ4n) is 2.82. The highest BCUT2D eigenvalue weighted by molar-refractivity contribution is 5.38. The molecule has 1 aromatic rings. The molecule has 0 bridgehead atoms. The lowest BCUT2D eigenvalue weighted by atomic mass is 9.90. The van der Waals surface area contributed by atoms with Gasteiger partial charge in [0.05, 0.1) is 5.60 Å². The highest BCUT2D eigenvalue weighted by Gasteiger charge is 2.37. The molecule has 2 heteroatoms. The van der Waals surface area contributed by atoms with Gasteiger partial charge in [0.2, 0.25) is 0 Å². The van der Waals surface area contributed by atoms with Crippen molar-refractivity contribution in [1.82, 2.24) is 0 Å². The van der Waals surface area contributed by atoms with Crippen molar-refractivity contribution >= 4 is 0 Å². The van der Waals surface area contributed by atoms with Crippen LogP contribution in [0.5, 0.6) is 0 Å². The van der Waals surface area contributed by atoms with Crippen LogP contribution >= 0.6 is 0 Å². The number of benzene rings is 1. The first-order chi connectivity index (χ1) is 8.17. The number of hydrogen-bond donors (Lipinski definition) is 1. The molecule has 1 aliphatic carbocycles. The van der Waals surface area contributed by atoms with Crippen LogP contribution in [0.25, 0.3) is 0 Å². The molecule has 0 fully saturated rings. The van der Waals surface area contributed by atoms with Crippen LogP contribution in [0, 0.1) is 5.82 Å². The summed E-state index contributed by atoms with van der Waals surface area (Å²) in [4.78, 5) is 0. The predicted octanol–water partition coefficient (Wildman–Crippen LogP) is 3.93. The molecular formula is C15H21FO. The molecule has 0 spiro atoms. The van der Waals surface area contributed by atoms with Gasteiger partial charge in [-0.2, -0.15) is 0 Å². The first-order valence-electron chi connectivity index (χ1n) is 6.67. The second-order valence-corrected chi connectivity index (χ2v) is 5.11. The molecule has 0 saturated carbocycles. The number of fused-ring (bicyclic) bond motifs is 1. The highest BCUT2D eigenvalue weighted by atomic mass is 19.1. The van der Waals surface area contributed by atoms with Crippen LogP contribution in [0.4, 0.5) is 4.39 Å². The minimum Gasteiger partial charge on any atom is -0.385 e. The monoisotopic (exact) mass is 236 g/mol. The summed E-state index contributed by atoms with van der Waals surface area (Å²) in [5.41, 5.74) is 0.782. The third kappa shape index (κ3) is 2.52. The first kappa shape index (κ1) is 12.6. The average molecular weight is 236 g/mol. The molecule has 1 N–H and O–H groups in total. The van der Waals surface area contributed by atoms with E-state index in [1.807, 2.05) is 6.07 Å². The van der Waals surface area contributed by atoms with Gasteiger partial charge in [0, 0.05) is 0 Å². The van der Waals surface area contributed by atoms with Crippen molar-refractivity contribution in [1.29, 1.82) is 0 Å². The van der Waals surface area contributed by atoms with Crippen molar-refractivity contribution in [3.63, 3.8) is 0 Å². The summed E-state index contributed by atoms with van der Waals surface area (Å²) >= 11 is 0. The number of aliphatic hydroxyl groups is 1. The Bertz CT molecular complexity index is 389. The lowest BCUT2D eigenvalue weighted by Crippen LogP contribution is -2.22. The van der Waals surface area contributed by atoms with Crippen LogP contribution < -0.4 is 0 Å². The van der Waals surface area contributed by atoms with Gasteiger partial charge in [-0.15, -0.1) is 0 Å². The Balaban J connectivity index is 2.06. The van der Waals surface area contributed by atoms with E-state index in [0.717, 1.165) is 30.4 Å². The summed E-state index contributed by atoms with van der Waals surface area (Å²) < 4.78 is 13.6. The second kappa shape index (κ2) is 5.18. The largest absolute Gasteiger partial charge is 0.385 e. The van der Waals surface area contributed by atoms with Crippen molar-refractivity contribution in [2.45, 2.75) is 57.5 Å². The Morgan fingerprint density at radius 1 is 1.29 bits per heavy atom. The van der Waals surface area contributed by atoms with Gasteiger partial charge in [-0.05, 0) is 36.5 Å². The van der Waals surface area contributed by atoms with Crippen molar-refractivity contribution in [2.24, 2.45) is 0 Å². The SMILES string of the molecule is CCCCCCC1(O)CCc2c(F)cccc21. The molecule has 1 unspecified atom stereocenters. The molecule has 0 amide bonds. The zero-order chi connectivity index (χ0) is 12.3. The Hall–Kier alpha value is -0.890. The van der Waals surface area contributed by atoms with Crippen molar-refractivity contribution < 1.29 is 9.50 Å². The quantitative estimate of drug-likeness (QED) is 0.768. The van der Waals surface area contributed by atoms with E-state index in [0.29, 0.717) is 12.8 Å². The van der Waals surface area contributed by atoms with Gasteiger partial charge >= 0.3 is 0 Å². The fraction of sp³-hybridized carbons (Fsp3) is 0.600. The number of halogens is 1. The zero-order valence-electron chi connectivity index (χ0n) is 10.5. The molecule has 17 heavy (non-hydrogen) atoms. The van der Waals surface area contributed by atoms with Gasteiger partial charge < -0.3 is 5.11 Å². The van der Waals surface area contributed by atoms with Crippen LogP contribution in [0.3, 0.4) is 0 Å². The Morgan fingerprint density at radius 3 is 2.88 bits per heavy atom. The van der Waals surface area contributed by atoms with Crippen molar-refractivity contribution in [2.75, 3.05) is 0 Å². The lowest BCUT2D eigenvalue weighted by Gasteiger charge is -2.24. The summed E-state index contributed by atoms with van der Waals surface area (Å²) in [6.07, 6.45) is 6.71. The molecule has 94 valence electrons. The molecule has 0 aromatic heterocycles. The first-order valence-corrected chi connectivity index (χ1v) is 6.67. The van der Waals surface area contributed by atoms with E-state index in [1.54, 1.807) is 6.07 Å². The molecule has 1 atom stereocenters. The summed E-state index contributed by atoms with van der Waals surface area (Å²) in [5.74, 6) is -0.160. The van der Waals surface area contributed by atoms with E-state index in [2.05, 4.69) is 6.92 Å². The van der Waals surface area contributed by atoms with Gasteiger partial charge in [-0.25, -0.2) is 4.39 Å². The Morgan fingerprint density at radius 2 is 2.12 bits per heavy atom. The zero-order valence-corrected chi connectivity index (χ0v) is 10.5. The van der Waals surface area contributed by atoms with E-state index in [-0.39, 0.29) is 5.82 Å². The van der Waals surface area contributed by atoms with Gasteiger partial charge in [-0.3, -0.25) is 0 Å². The topological polar surface area (TPSA) is 20.2 Å². The normalized spacial score (nSPS) is 22.8. The van der Waals surface area contributed by atoms with E-state index < -0.39 is 5.60 Å². The van der Waals surface area contributed by atoms with Crippen LogP contribution in [0.1, 0.15) is 56.6 Å². The van der Waals surface area contributed by atoms with Gasteiger partial charge in [0.1, 0.15) is 5.82 Å². The van der Waals surface area contributed by atoms with Gasteiger partial charge in [0.15, 0.2) is 0 Å². The minimum atomic E-state index is -0.773. The minimum absolute atomic E-state index is 0.160. The Labute approximate surface area is 103 Å². The molecule has 0 heterocycles. The molecule has 0 aliphatic heterocycles. The van der Waals surface area contributed by atoms with Gasteiger partial charge in [0.25, 0.3) is 0 Å². The van der Waals surface area contributed by atoms with Gasteiger partial charge in [-0.1, -0.05) is 44.7 Å². The third-order valence-electron chi connectivity index (χ3n) is 3.85. The van der Waals surface area contributed by atoms with Crippen molar-refractivity contribution in [3.05, 3.63) is 35.1 Å². The van der Waals surface area contributed by atoms with Crippen LogP contribution in [-0.4, -0.2) is 5.11 Å². The summed E-state index contributed by atoms with van der Waals surface area (Å²) in [5, 5.41) is 10.6.